The lowest BCUT2D eigenvalue weighted by molar-refractivity contribution is -0.118. The van der Waals surface area contributed by atoms with Gasteiger partial charge in [0.15, 0.2) is 11.0 Å². The van der Waals surface area contributed by atoms with E-state index in [1.54, 1.807) is 6.07 Å². The third-order valence-electron chi connectivity index (χ3n) is 4.47. The van der Waals surface area contributed by atoms with Crippen molar-refractivity contribution in [2.24, 2.45) is 5.10 Å². The standard InChI is InChI=1S/C23H16BrClFN5OS/c24-16-11-9-15(10-12-16)22-29-30-23(31(22)17-5-2-1-3-6-17)33-14-21(32)28-27-13-18-19(25)7-4-8-20(18)26/h1-13H,14H2,(H,28,32)/b27-13-. The van der Waals surface area contributed by atoms with Crippen molar-refractivity contribution in [1.82, 2.24) is 20.2 Å². The van der Waals surface area contributed by atoms with Crippen LogP contribution in [0.1, 0.15) is 5.56 Å². The van der Waals surface area contributed by atoms with Crippen LogP contribution in [-0.4, -0.2) is 32.6 Å². The predicted octanol–water partition coefficient (Wildman–Crippen LogP) is 5.73. The number of hydrogen-bond donors (Lipinski definition) is 1. The van der Waals surface area contributed by atoms with Crippen molar-refractivity contribution in [2.45, 2.75) is 5.16 Å². The van der Waals surface area contributed by atoms with Gasteiger partial charge in [-0.25, -0.2) is 9.82 Å². The van der Waals surface area contributed by atoms with Crippen LogP contribution < -0.4 is 5.43 Å². The number of rotatable bonds is 7. The fourth-order valence-corrected chi connectivity index (χ4v) is 4.14. The van der Waals surface area contributed by atoms with Gasteiger partial charge in [-0.3, -0.25) is 9.36 Å². The van der Waals surface area contributed by atoms with E-state index < -0.39 is 5.82 Å². The van der Waals surface area contributed by atoms with Crippen LogP contribution in [-0.2, 0) is 4.79 Å². The first kappa shape index (κ1) is 23.2. The maximum atomic E-state index is 13.8. The molecule has 1 aromatic heterocycles. The third-order valence-corrected chi connectivity index (χ3v) is 6.25. The van der Waals surface area contributed by atoms with Crippen molar-refractivity contribution in [3.05, 3.63) is 93.7 Å². The van der Waals surface area contributed by atoms with E-state index in [0.717, 1.165) is 15.7 Å². The van der Waals surface area contributed by atoms with E-state index in [0.29, 0.717) is 11.0 Å². The van der Waals surface area contributed by atoms with E-state index in [1.165, 1.54) is 30.1 Å². The average Bonchev–Trinajstić information content (AvgIpc) is 3.24. The maximum Gasteiger partial charge on any atom is 0.250 e. The summed E-state index contributed by atoms with van der Waals surface area (Å²) >= 11 is 10.6. The number of nitrogens with zero attached hydrogens (tertiary/aromatic N) is 4. The normalized spacial score (nSPS) is 11.1. The topological polar surface area (TPSA) is 72.2 Å². The Morgan fingerprint density at radius 1 is 1.09 bits per heavy atom. The SMILES string of the molecule is O=C(CSc1nnc(-c2ccc(Br)cc2)n1-c1ccccc1)N/N=C\c1c(F)cccc1Cl. The van der Waals surface area contributed by atoms with Crippen molar-refractivity contribution < 1.29 is 9.18 Å². The number of nitrogens with one attached hydrogen (secondary N) is 1. The van der Waals surface area contributed by atoms with E-state index >= 15 is 0 Å². The Hall–Kier alpha value is -3.01. The molecule has 3 aromatic carbocycles. The molecule has 4 rings (SSSR count). The van der Waals surface area contributed by atoms with Crippen LogP contribution >= 0.6 is 39.3 Å². The van der Waals surface area contributed by atoms with Crippen LogP contribution in [0.15, 0.2) is 87.5 Å². The van der Waals surface area contributed by atoms with Crippen LogP contribution in [0, 0.1) is 5.82 Å². The molecule has 4 aromatic rings. The number of carbonyl (C=O) groups excluding carboxylic acids is 1. The first-order chi connectivity index (χ1) is 16.0. The Bertz CT molecular complexity index is 1280. The number of hydrogen-bond acceptors (Lipinski definition) is 5. The van der Waals surface area contributed by atoms with E-state index in [4.69, 9.17) is 11.6 Å². The van der Waals surface area contributed by atoms with Crippen molar-refractivity contribution in [2.75, 3.05) is 5.75 Å². The summed E-state index contributed by atoms with van der Waals surface area (Å²) in [6.07, 6.45) is 1.18. The molecule has 0 aliphatic heterocycles. The predicted molar refractivity (Wildman–Crippen MR) is 132 cm³/mol. The summed E-state index contributed by atoms with van der Waals surface area (Å²) in [5.74, 6) is -0.208. The lowest BCUT2D eigenvalue weighted by atomic mass is 10.2. The molecule has 10 heteroatoms. The molecule has 1 N–H and O–H groups in total. The molecule has 0 spiro atoms. The highest BCUT2D eigenvalue weighted by Crippen LogP contribution is 2.28. The quantitative estimate of drug-likeness (QED) is 0.183. The zero-order valence-electron chi connectivity index (χ0n) is 17.0. The van der Waals surface area contributed by atoms with E-state index in [9.17, 15) is 9.18 Å². The average molecular weight is 545 g/mol. The molecule has 0 saturated carbocycles. The fourth-order valence-electron chi connectivity index (χ4n) is 2.92. The largest absolute Gasteiger partial charge is 0.272 e. The summed E-state index contributed by atoms with van der Waals surface area (Å²) in [6, 6.07) is 21.7. The van der Waals surface area contributed by atoms with Crippen LogP contribution in [0.2, 0.25) is 5.02 Å². The summed E-state index contributed by atoms with van der Waals surface area (Å²) in [6.45, 7) is 0. The van der Waals surface area contributed by atoms with Crippen LogP contribution in [0.25, 0.3) is 17.1 Å². The van der Waals surface area contributed by atoms with E-state index in [2.05, 4.69) is 36.7 Å². The molecule has 0 saturated heterocycles. The number of aromatic nitrogens is 3. The number of thioether (sulfide) groups is 1. The highest BCUT2D eigenvalue weighted by molar-refractivity contribution is 9.10. The summed E-state index contributed by atoms with van der Waals surface area (Å²) in [4.78, 5) is 12.3. The molecule has 1 amide bonds. The molecule has 0 unspecified atom stereocenters. The molecule has 33 heavy (non-hydrogen) atoms. The molecular formula is C23H16BrClFN5OS. The molecule has 0 aliphatic carbocycles. The molecule has 0 aliphatic rings. The Morgan fingerprint density at radius 3 is 2.58 bits per heavy atom. The molecule has 1 heterocycles. The van der Waals surface area contributed by atoms with Gasteiger partial charge in [-0.15, -0.1) is 10.2 Å². The van der Waals surface area contributed by atoms with Crippen molar-refractivity contribution in [3.63, 3.8) is 0 Å². The number of halogens is 3. The van der Waals surface area contributed by atoms with Crippen molar-refractivity contribution in [3.8, 4) is 17.1 Å². The van der Waals surface area contributed by atoms with Gasteiger partial charge in [0.2, 0.25) is 0 Å². The zero-order chi connectivity index (χ0) is 23.2. The van der Waals surface area contributed by atoms with Gasteiger partial charge in [0, 0.05) is 21.3 Å². The summed E-state index contributed by atoms with van der Waals surface area (Å²) in [5.41, 5.74) is 4.25. The lowest BCUT2D eigenvalue weighted by Gasteiger charge is -2.10. The van der Waals surface area contributed by atoms with Crippen LogP contribution in [0.3, 0.4) is 0 Å². The zero-order valence-corrected chi connectivity index (χ0v) is 20.1. The summed E-state index contributed by atoms with van der Waals surface area (Å²) < 4.78 is 16.7. The van der Waals surface area contributed by atoms with Crippen molar-refractivity contribution >= 4 is 51.4 Å². The lowest BCUT2D eigenvalue weighted by Crippen LogP contribution is -2.20. The van der Waals surface area contributed by atoms with Gasteiger partial charge in [0.05, 0.1) is 17.0 Å². The smallest absolute Gasteiger partial charge is 0.250 e. The summed E-state index contributed by atoms with van der Waals surface area (Å²) in [5, 5.41) is 13.2. The van der Waals surface area contributed by atoms with E-state index in [1.807, 2.05) is 59.2 Å². The summed E-state index contributed by atoms with van der Waals surface area (Å²) in [7, 11) is 0. The minimum atomic E-state index is -0.522. The first-order valence-corrected chi connectivity index (χ1v) is 11.8. The highest BCUT2D eigenvalue weighted by Gasteiger charge is 2.17. The molecule has 0 atom stereocenters. The molecule has 166 valence electrons. The Balaban J connectivity index is 1.50. The fraction of sp³-hybridized carbons (Fsp3) is 0.0435. The van der Waals surface area contributed by atoms with Gasteiger partial charge >= 0.3 is 0 Å². The minimum absolute atomic E-state index is 0.0354. The Kier molecular flexibility index (Phi) is 7.54. The molecule has 6 nitrogen and oxygen atoms in total. The van der Waals surface area contributed by atoms with Gasteiger partial charge in [-0.05, 0) is 36.4 Å². The first-order valence-electron chi connectivity index (χ1n) is 9.68. The number of benzene rings is 3. The van der Waals surface area contributed by atoms with E-state index in [-0.39, 0.29) is 22.2 Å². The Labute approximate surface area is 207 Å². The number of para-hydroxylation sites is 1. The van der Waals surface area contributed by atoms with Crippen LogP contribution in [0.5, 0.6) is 0 Å². The van der Waals surface area contributed by atoms with Crippen LogP contribution in [0.4, 0.5) is 4.39 Å². The van der Waals surface area contributed by atoms with Crippen molar-refractivity contribution in [1.29, 1.82) is 0 Å². The monoisotopic (exact) mass is 543 g/mol. The molecule has 0 bridgehead atoms. The van der Waals surface area contributed by atoms with Gasteiger partial charge < -0.3 is 0 Å². The molecule has 0 fully saturated rings. The Morgan fingerprint density at radius 2 is 1.85 bits per heavy atom. The minimum Gasteiger partial charge on any atom is -0.272 e. The van der Waals surface area contributed by atoms with Gasteiger partial charge in [0.25, 0.3) is 5.91 Å². The maximum absolute atomic E-state index is 13.8. The molecular weight excluding hydrogens is 529 g/mol. The van der Waals surface area contributed by atoms with Gasteiger partial charge in [0.1, 0.15) is 5.82 Å². The van der Waals surface area contributed by atoms with Gasteiger partial charge in [-0.1, -0.05) is 75.7 Å². The number of carbonyl (C=O) groups is 1. The number of hydrazone groups is 1. The third kappa shape index (κ3) is 5.68. The molecule has 0 radical (unpaired) electrons. The second-order valence-corrected chi connectivity index (χ2v) is 8.97. The highest BCUT2D eigenvalue weighted by atomic mass is 79.9. The second kappa shape index (κ2) is 10.7. The van der Waals surface area contributed by atoms with Gasteiger partial charge in [-0.2, -0.15) is 5.10 Å². The number of amides is 1. The second-order valence-electron chi connectivity index (χ2n) is 6.70.